The number of H-pyrrole nitrogens is 1. The van der Waals surface area contributed by atoms with Gasteiger partial charge in [-0.15, -0.1) is 0 Å². The van der Waals surface area contributed by atoms with Gasteiger partial charge >= 0.3 is 11.1 Å². The van der Waals surface area contributed by atoms with Crippen molar-refractivity contribution in [1.29, 1.82) is 0 Å². The van der Waals surface area contributed by atoms with E-state index in [1.165, 1.54) is 4.68 Å². The average Bonchev–Trinajstić information content (AvgIpc) is 2.42. The SMILES string of the molecule is Cn1[nH]c(=O)c(=O)nc1SCC(=O)c1ccc(I)cc1. The van der Waals surface area contributed by atoms with E-state index in [0.29, 0.717) is 10.7 Å². The van der Waals surface area contributed by atoms with Gasteiger partial charge in [-0.2, -0.15) is 4.98 Å². The van der Waals surface area contributed by atoms with Gasteiger partial charge in [-0.1, -0.05) is 23.9 Å². The van der Waals surface area contributed by atoms with Gasteiger partial charge in [0.1, 0.15) is 0 Å². The number of halogens is 1. The summed E-state index contributed by atoms with van der Waals surface area (Å²) in [7, 11) is 1.56. The fourth-order valence-electron chi connectivity index (χ4n) is 1.44. The van der Waals surface area contributed by atoms with Gasteiger partial charge in [0, 0.05) is 16.2 Å². The van der Waals surface area contributed by atoms with E-state index in [4.69, 9.17) is 0 Å². The maximum Gasteiger partial charge on any atom is 0.339 e. The van der Waals surface area contributed by atoms with Crippen molar-refractivity contribution >= 4 is 40.1 Å². The zero-order valence-corrected chi connectivity index (χ0v) is 13.4. The molecular formula is C12H10IN3O3S. The number of aryl methyl sites for hydroxylation is 1. The predicted molar refractivity (Wildman–Crippen MR) is 84.3 cm³/mol. The van der Waals surface area contributed by atoms with Crippen LogP contribution in [0, 0.1) is 3.57 Å². The Labute approximate surface area is 131 Å². The van der Waals surface area contributed by atoms with Gasteiger partial charge in [0.05, 0.1) is 5.75 Å². The monoisotopic (exact) mass is 403 g/mol. The third kappa shape index (κ3) is 3.57. The standard InChI is InChI=1S/C12H10IN3O3S/c1-16-12(14-10(18)11(19)15-16)20-6-9(17)7-2-4-8(13)5-3-7/h2-5H,6H2,1H3,(H,15,19). The molecule has 0 fully saturated rings. The van der Waals surface area contributed by atoms with Crippen molar-refractivity contribution in [3.63, 3.8) is 0 Å². The van der Waals surface area contributed by atoms with Crippen LogP contribution in [0.4, 0.5) is 0 Å². The summed E-state index contributed by atoms with van der Waals surface area (Å²) in [5.41, 5.74) is -1.03. The molecule has 2 rings (SSSR count). The molecule has 20 heavy (non-hydrogen) atoms. The molecule has 0 aliphatic rings. The number of hydrogen-bond donors (Lipinski definition) is 1. The van der Waals surface area contributed by atoms with Gasteiger partial charge in [-0.25, -0.2) is 0 Å². The number of carbonyl (C=O) groups is 1. The fraction of sp³-hybridized carbons (Fsp3) is 0.167. The minimum Gasteiger partial charge on any atom is -0.293 e. The molecule has 0 spiro atoms. The van der Waals surface area contributed by atoms with Gasteiger partial charge in [-0.05, 0) is 34.7 Å². The van der Waals surface area contributed by atoms with Crippen molar-refractivity contribution in [2.24, 2.45) is 7.05 Å². The molecule has 0 unspecified atom stereocenters. The van der Waals surface area contributed by atoms with E-state index in [1.54, 1.807) is 19.2 Å². The molecule has 1 aromatic carbocycles. The highest BCUT2D eigenvalue weighted by molar-refractivity contribution is 14.1. The molecule has 6 nitrogen and oxygen atoms in total. The molecule has 0 bridgehead atoms. The van der Waals surface area contributed by atoms with Crippen LogP contribution in [0.1, 0.15) is 10.4 Å². The van der Waals surface area contributed by atoms with E-state index >= 15 is 0 Å². The molecule has 0 atom stereocenters. The number of thioether (sulfide) groups is 1. The predicted octanol–water partition coefficient (Wildman–Crippen LogP) is 1.05. The van der Waals surface area contributed by atoms with Gasteiger partial charge in [0.15, 0.2) is 10.9 Å². The van der Waals surface area contributed by atoms with Crippen LogP contribution in [-0.2, 0) is 7.05 Å². The molecule has 2 aromatic rings. The lowest BCUT2D eigenvalue weighted by Gasteiger charge is -2.05. The molecule has 0 aliphatic carbocycles. The number of nitrogens with zero attached hydrogens (tertiary/aromatic N) is 2. The smallest absolute Gasteiger partial charge is 0.293 e. The molecule has 0 amide bonds. The second-order valence-corrected chi connectivity index (χ2v) is 6.11. The highest BCUT2D eigenvalue weighted by Gasteiger charge is 2.10. The third-order valence-electron chi connectivity index (χ3n) is 2.45. The van der Waals surface area contributed by atoms with Crippen LogP contribution in [-0.4, -0.2) is 26.3 Å². The fourth-order valence-corrected chi connectivity index (χ4v) is 2.61. The van der Waals surface area contributed by atoms with E-state index in [2.05, 4.69) is 32.7 Å². The summed E-state index contributed by atoms with van der Waals surface area (Å²) in [5, 5.41) is 2.63. The minimum atomic E-state index is -0.854. The van der Waals surface area contributed by atoms with E-state index in [0.717, 1.165) is 15.3 Å². The van der Waals surface area contributed by atoms with Crippen LogP contribution in [0.3, 0.4) is 0 Å². The summed E-state index contributed by atoms with van der Waals surface area (Å²) >= 11 is 3.27. The van der Waals surface area contributed by atoms with E-state index in [1.807, 2.05) is 12.1 Å². The summed E-state index contributed by atoms with van der Waals surface area (Å²) in [6.45, 7) is 0. The second-order valence-electron chi connectivity index (χ2n) is 3.92. The Morgan fingerprint density at radius 1 is 1.35 bits per heavy atom. The zero-order valence-electron chi connectivity index (χ0n) is 10.4. The number of hydrogen-bond acceptors (Lipinski definition) is 5. The Balaban J connectivity index is 2.11. The van der Waals surface area contributed by atoms with E-state index in [-0.39, 0.29) is 11.5 Å². The molecular weight excluding hydrogens is 393 g/mol. The van der Waals surface area contributed by atoms with Crippen molar-refractivity contribution in [1.82, 2.24) is 14.8 Å². The number of nitrogens with one attached hydrogen (secondary N) is 1. The molecule has 104 valence electrons. The van der Waals surface area contributed by atoms with E-state index < -0.39 is 11.1 Å². The van der Waals surface area contributed by atoms with Crippen LogP contribution in [0.5, 0.6) is 0 Å². The number of rotatable bonds is 4. The largest absolute Gasteiger partial charge is 0.339 e. The molecule has 1 N–H and O–H groups in total. The molecule has 0 saturated heterocycles. The van der Waals surface area contributed by atoms with Crippen molar-refractivity contribution < 1.29 is 4.79 Å². The Morgan fingerprint density at radius 3 is 2.65 bits per heavy atom. The van der Waals surface area contributed by atoms with Crippen LogP contribution < -0.4 is 11.1 Å². The topological polar surface area (TPSA) is 84.8 Å². The van der Waals surface area contributed by atoms with Gasteiger partial charge in [-0.3, -0.25) is 24.2 Å². The van der Waals surface area contributed by atoms with Crippen LogP contribution in [0.2, 0.25) is 0 Å². The first-order chi connectivity index (χ1) is 9.47. The third-order valence-corrected chi connectivity index (χ3v) is 4.20. The zero-order chi connectivity index (χ0) is 14.7. The highest BCUT2D eigenvalue weighted by atomic mass is 127. The van der Waals surface area contributed by atoms with Crippen molar-refractivity contribution in [2.45, 2.75) is 5.16 Å². The number of Topliss-reactive ketones (excluding diaryl/α,β-unsaturated/α-hetero) is 1. The van der Waals surface area contributed by atoms with Crippen LogP contribution >= 0.6 is 34.4 Å². The Kier molecular flexibility index (Phi) is 4.76. The lowest BCUT2D eigenvalue weighted by atomic mass is 10.2. The lowest BCUT2D eigenvalue weighted by molar-refractivity contribution is 0.102. The van der Waals surface area contributed by atoms with Crippen LogP contribution in [0.15, 0.2) is 39.0 Å². The Hall–Kier alpha value is -1.42. The summed E-state index contributed by atoms with van der Waals surface area (Å²) in [5.74, 6) is 0.0826. The summed E-state index contributed by atoms with van der Waals surface area (Å²) in [4.78, 5) is 37.8. The first kappa shape index (κ1) is 15.0. The number of benzene rings is 1. The molecule has 0 radical (unpaired) electrons. The quantitative estimate of drug-likeness (QED) is 0.357. The minimum absolute atomic E-state index is 0.0631. The highest BCUT2D eigenvalue weighted by Crippen LogP contribution is 2.15. The van der Waals surface area contributed by atoms with Crippen molar-refractivity contribution in [3.8, 4) is 0 Å². The maximum atomic E-state index is 12.0. The molecule has 1 heterocycles. The molecule has 8 heteroatoms. The molecule has 1 aromatic heterocycles. The maximum absolute atomic E-state index is 12.0. The summed E-state index contributed by atoms with van der Waals surface area (Å²) < 4.78 is 2.38. The second kappa shape index (κ2) is 6.35. The first-order valence-electron chi connectivity index (χ1n) is 5.56. The van der Waals surface area contributed by atoms with Crippen molar-refractivity contribution in [3.05, 3.63) is 54.1 Å². The number of ketones is 1. The normalized spacial score (nSPS) is 10.5. The Morgan fingerprint density at radius 2 is 2.00 bits per heavy atom. The first-order valence-corrected chi connectivity index (χ1v) is 7.63. The molecule has 0 aliphatic heterocycles. The van der Waals surface area contributed by atoms with Gasteiger partial charge in [0.25, 0.3) is 0 Å². The van der Waals surface area contributed by atoms with Gasteiger partial charge in [0.2, 0.25) is 0 Å². The summed E-state index contributed by atoms with van der Waals surface area (Å²) in [6.07, 6.45) is 0. The number of aromatic amines is 1. The van der Waals surface area contributed by atoms with Gasteiger partial charge < -0.3 is 0 Å². The number of carbonyl (C=O) groups excluding carboxylic acids is 1. The average molecular weight is 403 g/mol. The van der Waals surface area contributed by atoms with Crippen LogP contribution in [0.25, 0.3) is 0 Å². The lowest BCUT2D eigenvalue weighted by Crippen LogP contribution is -2.34. The van der Waals surface area contributed by atoms with Crippen molar-refractivity contribution in [2.75, 3.05) is 5.75 Å². The molecule has 0 saturated carbocycles. The van der Waals surface area contributed by atoms with E-state index in [9.17, 15) is 14.4 Å². The number of aromatic nitrogens is 3. The Bertz CT molecular complexity index is 752. The summed E-state index contributed by atoms with van der Waals surface area (Å²) in [6, 6.07) is 7.22.